The normalized spacial score (nSPS) is 14.8. The van der Waals surface area contributed by atoms with E-state index in [1.54, 1.807) is 12.1 Å². The molecule has 0 saturated heterocycles. The van der Waals surface area contributed by atoms with Crippen molar-refractivity contribution in [2.45, 2.75) is 24.9 Å². The van der Waals surface area contributed by atoms with Gasteiger partial charge >= 0.3 is 0 Å². The number of carbonyl (C=O) groups is 1. The summed E-state index contributed by atoms with van der Waals surface area (Å²) >= 11 is 0. The fraction of sp³-hybridized carbons (Fsp3) is 0.400. The first-order chi connectivity index (χ1) is 10.8. The lowest BCUT2D eigenvalue weighted by Crippen LogP contribution is -2.28. The first-order valence-electron chi connectivity index (χ1n) is 7.07. The van der Waals surface area contributed by atoms with Crippen LogP contribution in [0.2, 0.25) is 0 Å². The molecule has 0 aliphatic carbocycles. The maximum Gasteiger partial charge on any atom is 0.251 e. The van der Waals surface area contributed by atoms with E-state index < -0.39 is 15.7 Å². The maximum atomic E-state index is 12.0. The van der Waals surface area contributed by atoms with Crippen LogP contribution in [0.1, 0.15) is 29.6 Å². The second kappa shape index (κ2) is 6.79. The summed E-state index contributed by atoms with van der Waals surface area (Å²) in [5, 5.41) is 10.8. The standard InChI is InChI=1S/C15H18N4O3S/c1-3-4-9-15(18-19-15)10-11-16-14(20)12-5-7-13(8-6-12)17-23(2,21)22/h1,5-8,17H,4,9-11H2,2H3,(H,16,20). The van der Waals surface area contributed by atoms with Crippen molar-refractivity contribution in [2.75, 3.05) is 17.5 Å². The number of nitrogens with zero attached hydrogens (tertiary/aromatic N) is 2. The Morgan fingerprint density at radius 2 is 1.91 bits per heavy atom. The number of amides is 1. The highest BCUT2D eigenvalue weighted by Crippen LogP contribution is 2.36. The molecule has 1 aromatic carbocycles. The maximum absolute atomic E-state index is 12.0. The van der Waals surface area contributed by atoms with Crippen LogP contribution in [0, 0.1) is 12.3 Å². The SMILES string of the molecule is C#CCCC1(CCNC(=O)c2ccc(NS(C)(=O)=O)cc2)N=N1. The quantitative estimate of drug-likeness (QED) is 0.708. The van der Waals surface area contributed by atoms with Gasteiger partial charge in [0.2, 0.25) is 10.0 Å². The molecule has 1 aromatic rings. The predicted molar refractivity (Wildman–Crippen MR) is 87.5 cm³/mol. The van der Waals surface area contributed by atoms with Crippen LogP contribution in [0.4, 0.5) is 5.69 Å². The van der Waals surface area contributed by atoms with Crippen LogP contribution in [0.15, 0.2) is 34.5 Å². The fourth-order valence-electron chi connectivity index (χ4n) is 2.05. The summed E-state index contributed by atoms with van der Waals surface area (Å²) in [6, 6.07) is 6.19. The van der Waals surface area contributed by atoms with Crippen LogP contribution in [0.3, 0.4) is 0 Å². The minimum Gasteiger partial charge on any atom is -0.352 e. The van der Waals surface area contributed by atoms with Crippen molar-refractivity contribution in [2.24, 2.45) is 10.2 Å². The summed E-state index contributed by atoms with van der Waals surface area (Å²) < 4.78 is 24.6. The Balaban J connectivity index is 1.81. The van der Waals surface area contributed by atoms with E-state index in [0.29, 0.717) is 37.1 Å². The monoisotopic (exact) mass is 334 g/mol. The summed E-state index contributed by atoms with van der Waals surface area (Å²) in [6.45, 7) is 0.444. The van der Waals surface area contributed by atoms with Crippen LogP contribution >= 0.6 is 0 Å². The zero-order valence-electron chi connectivity index (χ0n) is 12.7. The van der Waals surface area contributed by atoms with Gasteiger partial charge in [-0.2, -0.15) is 10.2 Å². The van der Waals surface area contributed by atoms with Gasteiger partial charge in [0.1, 0.15) is 0 Å². The topological polar surface area (TPSA) is 100.0 Å². The van der Waals surface area contributed by atoms with Gasteiger partial charge in [-0.3, -0.25) is 9.52 Å². The molecule has 0 spiro atoms. The van der Waals surface area contributed by atoms with E-state index in [1.165, 1.54) is 12.1 Å². The summed E-state index contributed by atoms with van der Waals surface area (Å²) in [5.41, 5.74) is 0.447. The molecule has 122 valence electrons. The van der Waals surface area contributed by atoms with Crippen LogP contribution in [-0.4, -0.2) is 32.8 Å². The molecule has 1 aliphatic heterocycles. The minimum absolute atomic E-state index is 0.233. The number of carbonyl (C=O) groups excluding carboxylic acids is 1. The Labute approximate surface area is 135 Å². The van der Waals surface area contributed by atoms with Crippen molar-refractivity contribution < 1.29 is 13.2 Å². The molecule has 1 heterocycles. The minimum atomic E-state index is -3.33. The zero-order chi connectivity index (χ0) is 16.9. The van der Waals surface area contributed by atoms with E-state index in [9.17, 15) is 13.2 Å². The lowest BCUT2D eigenvalue weighted by atomic mass is 10.0. The van der Waals surface area contributed by atoms with Gasteiger partial charge in [-0.1, -0.05) is 0 Å². The lowest BCUT2D eigenvalue weighted by Gasteiger charge is -2.10. The Morgan fingerprint density at radius 1 is 1.26 bits per heavy atom. The fourth-order valence-corrected chi connectivity index (χ4v) is 2.61. The third-order valence-electron chi connectivity index (χ3n) is 3.31. The molecule has 2 rings (SSSR count). The largest absolute Gasteiger partial charge is 0.352 e. The second-order valence-electron chi connectivity index (χ2n) is 5.34. The van der Waals surface area contributed by atoms with Gasteiger partial charge in [-0.05, 0) is 24.3 Å². The molecule has 23 heavy (non-hydrogen) atoms. The Hall–Kier alpha value is -2.40. The van der Waals surface area contributed by atoms with E-state index in [-0.39, 0.29) is 5.91 Å². The molecular formula is C15H18N4O3S. The second-order valence-corrected chi connectivity index (χ2v) is 7.09. The summed E-state index contributed by atoms with van der Waals surface area (Å²) in [5.74, 6) is 2.32. The highest BCUT2D eigenvalue weighted by Gasteiger charge is 2.38. The first kappa shape index (κ1) is 17.0. The van der Waals surface area contributed by atoms with Crippen molar-refractivity contribution in [1.29, 1.82) is 0 Å². The third kappa shape index (κ3) is 5.38. The van der Waals surface area contributed by atoms with E-state index in [0.717, 1.165) is 6.26 Å². The van der Waals surface area contributed by atoms with Gasteiger partial charge in [-0.15, -0.1) is 12.3 Å². The van der Waals surface area contributed by atoms with Crippen molar-refractivity contribution in [3.8, 4) is 12.3 Å². The van der Waals surface area contributed by atoms with Crippen LogP contribution in [0.5, 0.6) is 0 Å². The molecule has 0 atom stereocenters. The molecule has 0 fully saturated rings. The van der Waals surface area contributed by atoms with Gasteiger partial charge in [-0.25, -0.2) is 8.42 Å². The number of nitrogens with one attached hydrogen (secondary N) is 2. The molecular weight excluding hydrogens is 316 g/mol. The van der Waals surface area contributed by atoms with Gasteiger partial charge in [0.15, 0.2) is 5.66 Å². The molecule has 2 N–H and O–H groups in total. The number of benzene rings is 1. The highest BCUT2D eigenvalue weighted by molar-refractivity contribution is 7.92. The van der Waals surface area contributed by atoms with Crippen molar-refractivity contribution in [3.63, 3.8) is 0 Å². The smallest absolute Gasteiger partial charge is 0.251 e. The summed E-state index contributed by atoms with van der Waals surface area (Å²) in [4.78, 5) is 12.0. The van der Waals surface area contributed by atoms with Gasteiger partial charge in [0.25, 0.3) is 5.91 Å². The van der Waals surface area contributed by atoms with E-state index in [4.69, 9.17) is 6.42 Å². The van der Waals surface area contributed by atoms with E-state index in [1.807, 2.05) is 0 Å². The van der Waals surface area contributed by atoms with Gasteiger partial charge < -0.3 is 5.32 Å². The number of hydrogen-bond donors (Lipinski definition) is 2. The average molecular weight is 334 g/mol. The van der Waals surface area contributed by atoms with E-state index >= 15 is 0 Å². The third-order valence-corrected chi connectivity index (χ3v) is 3.92. The molecule has 7 nitrogen and oxygen atoms in total. The Morgan fingerprint density at radius 3 is 2.43 bits per heavy atom. The molecule has 1 aliphatic rings. The van der Waals surface area contributed by atoms with E-state index in [2.05, 4.69) is 26.2 Å². The average Bonchev–Trinajstić information content (AvgIpc) is 3.24. The van der Waals surface area contributed by atoms with Crippen molar-refractivity contribution in [3.05, 3.63) is 29.8 Å². The van der Waals surface area contributed by atoms with Crippen LogP contribution in [0.25, 0.3) is 0 Å². The predicted octanol–water partition coefficient (Wildman–Crippen LogP) is 1.75. The number of anilines is 1. The van der Waals surface area contributed by atoms with Crippen LogP contribution in [-0.2, 0) is 10.0 Å². The highest BCUT2D eigenvalue weighted by atomic mass is 32.2. The number of terminal acetylenes is 1. The Bertz CT molecular complexity index is 742. The van der Waals surface area contributed by atoms with Crippen LogP contribution < -0.4 is 10.0 Å². The van der Waals surface area contributed by atoms with Gasteiger partial charge in [0.05, 0.1) is 6.26 Å². The number of hydrogen-bond acceptors (Lipinski definition) is 5. The molecule has 1 amide bonds. The van der Waals surface area contributed by atoms with Gasteiger partial charge in [0, 0.05) is 37.1 Å². The number of rotatable bonds is 8. The first-order valence-corrected chi connectivity index (χ1v) is 8.96. The molecule has 0 saturated carbocycles. The molecule has 0 unspecified atom stereocenters. The number of sulfonamides is 1. The molecule has 0 aromatic heterocycles. The zero-order valence-corrected chi connectivity index (χ0v) is 13.6. The lowest BCUT2D eigenvalue weighted by molar-refractivity contribution is 0.0952. The van der Waals surface area contributed by atoms with Crippen molar-refractivity contribution in [1.82, 2.24) is 5.32 Å². The molecule has 0 bridgehead atoms. The Kier molecular flexibility index (Phi) is 5.01. The summed E-state index contributed by atoms with van der Waals surface area (Å²) in [6.07, 6.45) is 8.21. The van der Waals surface area contributed by atoms with Crippen molar-refractivity contribution >= 4 is 21.6 Å². The molecule has 0 radical (unpaired) electrons. The molecule has 8 heteroatoms. The summed E-state index contributed by atoms with van der Waals surface area (Å²) in [7, 11) is -3.33.